The van der Waals surface area contributed by atoms with E-state index in [1.165, 1.54) is 70.6 Å². The number of rotatable bonds is 19. The Kier molecular flexibility index (Phi) is 14.2. The quantitative estimate of drug-likeness (QED) is 0.146. The molecule has 0 aliphatic carbocycles. The molecule has 0 aliphatic heterocycles. The number of unbranched alkanes of at least 4 members (excludes halogenated alkanes) is 11. The van der Waals surface area contributed by atoms with Crippen LogP contribution in [0.25, 0.3) is 0 Å². The number of hydrogen-bond donors (Lipinski definition) is 0. The molecule has 0 saturated heterocycles. The molecule has 0 unspecified atom stereocenters. The molecule has 0 atom stereocenters. The molecular formula is C35H48N2O2. The van der Waals surface area contributed by atoms with Gasteiger partial charge in [-0.05, 0) is 59.9 Å². The summed E-state index contributed by atoms with van der Waals surface area (Å²) in [6.07, 6.45) is 20.5. The third kappa shape index (κ3) is 12.1. The molecule has 2 aromatic carbocycles. The van der Waals surface area contributed by atoms with E-state index >= 15 is 0 Å². The first-order valence-electron chi connectivity index (χ1n) is 15.1. The molecule has 4 heteroatoms. The first-order chi connectivity index (χ1) is 19.2. The molecule has 0 spiro atoms. The van der Waals surface area contributed by atoms with Crippen molar-refractivity contribution in [2.45, 2.75) is 104 Å². The fraction of sp³-hybridized carbons (Fsp3) is 0.486. The molecule has 4 nitrogen and oxygen atoms in total. The van der Waals surface area contributed by atoms with Crippen molar-refractivity contribution in [3.63, 3.8) is 0 Å². The van der Waals surface area contributed by atoms with E-state index in [9.17, 15) is 4.79 Å². The highest BCUT2D eigenvalue weighted by Crippen LogP contribution is 2.23. The lowest BCUT2D eigenvalue weighted by Crippen LogP contribution is -2.27. The summed E-state index contributed by atoms with van der Waals surface area (Å²) < 4.78 is 6.06. The molecule has 0 saturated carbocycles. The van der Waals surface area contributed by atoms with Gasteiger partial charge in [0.2, 0.25) is 5.91 Å². The average molecular weight is 529 g/mol. The normalized spacial score (nSPS) is 10.9. The smallest absolute Gasteiger partial charge is 0.224 e. The van der Waals surface area contributed by atoms with Crippen LogP contribution in [0.4, 0.5) is 5.69 Å². The van der Waals surface area contributed by atoms with E-state index in [0.29, 0.717) is 6.54 Å². The maximum absolute atomic E-state index is 12.6. The zero-order valence-corrected chi connectivity index (χ0v) is 24.2. The number of hydrogen-bond acceptors (Lipinski definition) is 3. The van der Waals surface area contributed by atoms with Crippen molar-refractivity contribution in [1.29, 1.82) is 0 Å². The van der Waals surface area contributed by atoms with Crippen LogP contribution in [-0.4, -0.2) is 17.5 Å². The van der Waals surface area contributed by atoms with E-state index in [1.54, 1.807) is 13.1 Å². The minimum atomic E-state index is 0.0244. The van der Waals surface area contributed by atoms with Gasteiger partial charge in [-0.25, -0.2) is 0 Å². The van der Waals surface area contributed by atoms with E-state index < -0.39 is 0 Å². The van der Waals surface area contributed by atoms with E-state index in [0.717, 1.165) is 47.6 Å². The Labute approximate surface area is 236 Å². The molecule has 0 aliphatic rings. The van der Waals surface area contributed by atoms with Crippen molar-refractivity contribution in [1.82, 2.24) is 4.98 Å². The lowest BCUT2D eigenvalue weighted by atomic mass is 10.1. The zero-order chi connectivity index (χ0) is 27.5. The second-order valence-corrected chi connectivity index (χ2v) is 10.7. The lowest BCUT2D eigenvalue weighted by Gasteiger charge is -2.22. The van der Waals surface area contributed by atoms with Gasteiger partial charge in [0.1, 0.15) is 5.75 Å². The summed E-state index contributed by atoms with van der Waals surface area (Å²) in [7, 11) is 0. The third-order valence-electron chi connectivity index (χ3n) is 7.24. The van der Waals surface area contributed by atoms with Crippen LogP contribution < -0.4 is 9.64 Å². The summed E-state index contributed by atoms with van der Waals surface area (Å²) in [6.45, 7) is 5.16. The number of anilines is 1. The Morgan fingerprint density at radius 2 is 1.38 bits per heavy atom. The molecule has 3 aromatic rings. The first-order valence-corrected chi connectivity index (χ1v) is 15.1. The largest absolute Gasteiger partial charge is 0.494 e. The maximum atomic E-state index is 12.6. The SMILES string of the molecule is CCCCCCCCCCCCCCOc1cccc(CN(C(C)=O)c2cccc(Cc3cccnc3)c2)c1. The highest BCUT2D eigenvalue weighted by Gasteiger charge is 2.13. The van der Waals surface area contributed by atoms with Crippen molar-refractivity contribution in [3.05, 3.63) is 89.7 Å². The Bertz CT molecular complexity index is 1080. The van der Waals surface area contributed by atoms with Crippen LogP contribution in [0.3, 0.4) is 0 Å². The number of pyridine rings is 1. The Balaban J connectivity index is 1.39. The van der Waals surface area contributed by atoms with Gasteiger partial charge >= 0.3 is 0 Å². The van der Waals surface area contributed by atoms with Crippen molar-refractivity contribution in [2.24, 2.45) is 0 Å². The highest BCUT2D eigenvalue weighted by atomic mass is 16.5. The van der Waals surface area contributed by atoms with Crippen LogP contribution in [0.15, 0.2) is 73.1 Å². The van der Waals surface area contributed by atoms with E-state index in [4.69, 9.17) is 4.74 Å². The van der Waals surface area contributed by atoms with Crippen LogP contribution in [0.1, 0.15) is 108 Å². The van der Waals surface area contributed by atoms with Crippen LogP contribution >= 0.6 is 0 Å². The van der Waals surface area contributed by atoms with Gasteiger partial charge in [-0.1, -0.05) is 108 Å². The van der Waals surface area contributed by atoms with Gasteiger partial charge in [0.15, 0.2) is 0 Å². The van der Waals surface area contributed by atoms with Gasteiger partial charge in [0, 0.05) is 25.0 Å². The topological polar surface area (TPSA) is 42.4 Å². The minimum Gasteiger partial charge on any atom is -0.494 e. The van der Waals surface area contributed by atoms with Crippen molar-refractivity contribution >= 4 is 11.6 Å². The summed E-state index contributed by atoms with van der Waals surface area (Å²) in [5, 5.41) is 0. The van der Waals surface area contributed by atoms with Gasteiger partial charge in [-0.2, -0.15) is 0 Å². The third-order valence-corrected chi connectivity index (χ3v) is 7.24. The summed E-state index contributed by atoms with van der Waals surface area (Å²) in [6, 6.07) is 20.4. The molecule has 39 heavy (non-hydrogen) atoms. The van der Waals surface area contributed by atoms with Crippen LogP contribution in [0.2, 0.25) is 0 Å². The van der Waals surface area contributed by atoms with E-state index in [-0.39, 0.29) is 5.91 Å². The van der Waals surface area contributed by atoms with Gasteiger partial charge in [0.25, 0.3) is 0 Å². The maximum Gasteiger partial charge on any atom is 0.224 e. The van der Waals surface area contributed by atoms with E-state index in [1.807, 2.05) is 41.4 Å². The minimum absolute atomic E-state index is 0.0244. The number of aromatic nitrogens is 1. The summed E-state index contributed by atoms with van der Waals surface area (Å²) in [5.74, 6) is 0.903. The average Bonchev–Trinajstić information content (AvgIpc) is 2.95. The molecule has 0 bridgehead atoms. The molecule has 210 valence electrons. The molecule has 1 aromatic heterocycles. The molecule has 1 heterocycles. The predicted molar refractivity (Wildman–Crippen MR) is 163 cm³/mol. The monoisotopic (exact) mass is 528 g/mol. The number of nitrogens with zero attached hydrogens (tertiary/aromatic N) is 2. The fourth-order valence-electron chi connectivity index (χ4n) is 5.01. The van der Waals surface area contributed by atoms with Crippen molar-refractivity contribution in [2.75, 3.05) is 11.5 Å². The van der Waals surface area contributed by atoms with E-state index in [2.05, 4.69) is 42.2 Å². The van der Waals surface area contributed by atoms with Gasteiger partial charge < -0.3 is 9.64 Å². The van der Waals surface area contributed by atoms with Gasteiger partial charge in [0.05, 0.1) is 13.2 Å². The second kappa shape index (κ2) is 18.2. The zero-order valence-electron chi connectivity index (χ0n) is 24.2. The Hall–Kier alpha value is -3.14. The van der Waals surface area contributed by atoms with Crippen LogP contribution in [0.5, 0.6) is 5.75 Å². The highest BCUT2D eigenvalue weighted by molar-refractivity contribution is 5.91. The number of ether oxygens (including phenoxy) is 1. The van der Waals surface area contributed by atoms with Gasteiger partial charge in [-0.3, -0.25) is 9.78 Å². The molecule has 0 N–H and O–H groups in total. The molecule has 0 fully saturated rings. The standard InChI is InChI=1S/C35H48N2O2/c1-3-4-5-6-7-8-9-10-11-12-13-14-24-39-35-22-16-19-33(27-35)29-37(30(2)38)34-21-15-18-31(26-34)25-32-20-17-23-36-28-32/h15-23,26-28H,3-14,24-25,29H2,1-2H3. The fourth-order valence-corrected chi connectivity index (χ4v) is 5.01. The predicted octanol–water partition coefficient (Wildman–Crippen LogP) is 9.31. The summed E-state index contributed by atoms with van der Waals surface area (Å²) in [5.41, 5.74) is 4.29. The van der Waals surface area contributed by atoms with Crippen molar-refractivity contribution < 1.29 is 9.53 Å². The van der Waals surface area contributed by atoms with Gasteiger partial charge in [-0.15, -0.1) is 0 Å². The number of benzene rings is 2. The second-order valence-electron chi connectivity index (χ2n) is 10.7. The molecule has 1 amide bonds. The molecular weight excluding hydrogens is 480 g/mol. The summed E-state index contributed by atoms with van der Waals surface area (Å²) >= 11 is 0. The lowest BCUT2D eigenvalue weighted by molar-refractivity contribution is -0.116. The van der Waals surface area contributed by atoms with Crippen molar-refractivity contribution in [3.8, 4) is 5.75 Å². The summed E-state index contributed by atoms with van der Waals surface area (Å²) in [4.78, 5) is 18.6. The number of amides is 1. The molecule has 0 radical (unpaired) electrons. The first kappa shape index (κ1) is 30.4. The Morgan fingerprint density at radius 1 is 0.744 bits per heavy atom. The van der Waals surface area contributed by atoms with Crippen LogP contribution in [-0.2, 0) is 17.8 Å². The number of carbonyl (C=O) groups is 1. The molecule has 3 rings (SSSR count). The number of carbonyl (C=O) groups excluding carboxylic acids is 1. The van der Waals surface area contributed by atoms with Crippen LogP contribution in [0, 0.1) is 0 Å². The Morgan fingerprint density at radius 3 is 2.05 bits per heavy atom.